The highest BCUT2D eigenvalue weighted by Crippen LogP contribution is 2.29. The number of nitroso groups, excluding NO2 is 1. The highest BCUT2D eigenvalue weighted by Gasteiger charge is 2.19. The van der Waals surface area contributed by atoms with Crippen LogP contribution < -0.4 is 4.74 Å². The van der Waals surface area contributed by atoms with Crippen molar-refractivity contribution >= 4 is 6.21 Å². The van der Waals surface area contributed by atoms with E-state index in [-0.39, 0.29) is 6.10 Å². The maximum absolute atomic E-state index is 10.0. The molecule has 0 aliphatic carbocycles. The summed E-state index contributed by atoms with van der Waals surface area (Å²) in [6.45, 7) is 2.89. The number of aryl methyl sites for hydroxylation is 1. The van der Waals surface area contributed by atoms with E-state index in [1.807, 2.05) is 19.1 Å². The van der Waals surface area contributed by atoms with E-state index < -0.39 is 0 Å². The molecule has 1 unspecified atom stereocenters. The van der Waals surface area contributed by atoms with Gasteiger partial charge in [0.1, 0.15) is 12.4 Å². The Morgan fingerprint density at radius 1 is 1.43 bits per heavy atom. The fourth-order valence-electron chi connectivity index (χ4n) is 2.47. The predicted octanol–water partition coefficient (Wildman–Crippen LogP) is 3.69. The van der Waals surface area contributed by atoms with Crippen molar-refractivity contribution in [1.82, 2.24) is 0 Å². The Balaban J connectivity index is 1.88. The third-order valence-electron chi connectivity index (χ3n) is 3.54. The van der Waals surface area contributed by atoms with Crippen LogP contribution in [0.2, 0.25) is 0 Å². The Morgan fingerprint density at radius 2 is 2.33 bits per heavy atom. The van der Waals surface area contributed by atoms with E-state index in [0.29, 0.717) is 13.2 Å². The minimum absolute atomic E-state index is 0.257. The van der Waals surface area contributed by atoms with E-state index in [1.165, 1.54) is 5.56 Å². The summed E-state index contributed by atoms with van der Waals surface area (Å²) in [5.41, 5.74) is 2.25. The quantitative estimate of drug-likeness (QED) is 0.317. The summed E-state index contributed by atoms with van der Waals surface area (Å²) in [4.78, 5) is 15.0. The second-order valence-electron chi connectivity index (χ2n) is 5.15. The van der Waals surface area contributed by atoms with Crippen LogP contribution in [0.15, 0.2) is 28.5 Å². The van der Waals surface area contributed by atoms with Crippen molar-refractivity contribution in [2.75, 3.05) is 13.2 Å². The lowest BCUT2D eigenvalue weighted by atomic mass is 9.97. The molecule has 0 saturated carbocycles. The molecule has 114 valence electrons. The van der Waals surface area contributed by atoms with Crippen LogP contribution in [0.1, 0.15) is 43.7 Å². The van der Waals surface area contributed by atoms with Crippen molar-refractivity contribution in [2.45, 2.75) is 45.1 Å². The zero-order valence-electron chi connectivity index (χ0n) is 12.5. The molecule has 2 rings (SSSR count). The van der Waals surface area contributed by atoms with Gasteiger partial charge < -0.3 is 9.57 Å². The number of benzene rings is 1. The van der Waals surface area contributed by atoms with Gasteiger partial charge in [-0.15, -0.1) is 0 Å². The normalized spacial score (nSPS) is 17.3. The van der Waals surface area contributed by atoms with Gasteiger partial charge in [-0.05, 0) is 68.4 Å². The van der Waals surface area contributed by atoms with E-state index in [2.05, 4.69) is 16.4 Å². The minimum atomic E-state index is 0.257. The molecule has 1 aromatic carbocycles. The molecule has 0 bridgehead atoms. The smallest absolute Gasteiger partial charge is 0.122 e. The molecule has 1 heterocycles. The zero-order chi connectivity index (χ0) is 14.9. The minimum Gasteiger partial charge on any atom is -0.490 e. The molecule has 1 atom stereocenters. The second-order valence-corrected chi connectivity index (χ2v) is 5.15. The Labute approximate surface area is 125 Å². The summed E-state index contributed by atoms with van der Waals surface area (Å²) >= 11 is 0. The summed E-state index contributed by atoms with van der Waals surface area (Å²) < 4.78 is 6.01. The number of fused-ring (bicyclic) bond motifs is 1. The van der Waals surface area contributed by atoms with Crippen molar-refractivity contribution in [3.8, 4) is 5.75 Å². The number of unbranched alkanes of at least 4 members (excludes halogenated alkanes) is 1. The molecule has 0 N–H and O–H groups in total. The lowest BCUT2D eigenvalue weighted by molar-refractivity contribution is 0.160. The number of oxime groups is 1. The van der Waals surface area contributed by atoms with Gasteiger partial charge in [0.05, 0.1) is 18.9 Å². The molecule has 5 heteroatoms. The Hall–Kier alpha value is -1.91. The first kappa shape index (κ1) is 15.5. The van der Waals surface area contributed by atoms with Crippen molar-refractivity contribution < 1.29 is 9.57 Å². The Morgan fingerprint density at radius 3 is 3.14 bits per heavy atom. The standard InChI is InChI=1S/C16H22N2O3/c1-2-20-18-12-13-6-9-16-14(11-13)7-8-15(21-16)5-3-4-10-17-19/h6,9,11-12,15H,2-5,7-8,10H2,1H3/b18-12+. The van der Waals surface area contributed by atoms with Crippen LogP contribution in [0.4, 0.5) is 0 Å². The zero-order valence-corrected chi connectivity index (χ0v) is 12.5. The molecule has 0 saturated heterocycles. The van der Waals surface area contributed by atoms with E-state index in [9.17, 15) is 4.91 Å². The molecule has 0 radical (unpaired) electrons. The lowest BCUT2D eigenvalue weighted by Gasteiger charge is -2.26. The average Bonchev–Trinajstić information content (AvgIpc) is 2.52. The topological polar surface area (TPSA) is 60.2 Å². The van der Waals surface area contributed by atoms with Crippen LogP contribution in [-0.2, 0) is 11.3 Å². The van der Waals surface area contributed by atoms with Crippen LogP contribution in [-0.4, -0.2) is 25.5 Å². The number of nitrogens with zero attached hydrogens (tertiary/aromatic N) is 2. The number of hydrogen-bond acceptors (Lipinski definition) is 5. The van der Waals surface area contributed by atoms with Gasteiger partial charge in [0.2, 0.25) is 0 Å². The van der Waals surface area contributed by atoms with Crippen molar-refractivity contribution in [1.29, 1.82) is 0 Å². The van der Waals surface area contributed by atoms with Crippen LogP contribution in [0, 0.1) is 4.91 Å². The fraction of sp³-hybridized carbons (Fsp3) is 0.562. The van der Waals surface area contributed by atoms with E-state index in [4.69, 9.17) is 9.57 Å². The van der Waals surface area contributed by atoms with Gasteiger partial charge in [-0.3, -0.25) is 0 Å². The lowest BCUT2D eigenvalue weighted by Crippen LogP contribution is -2.22. The fourth-order valence-corrected chi connectivity index (χ4v) is 2.47. The van der Waals surface area contributed by atoms with Gasteiger partial charge in [0, 0.05) is 0 Å². The van der Waals surface area contributed by atoms with Crippen LogP contribution in [0.25, 0.3) is 0 Å². The molecule has 21 heavy (non-hydrogen) atoms. The number of rotatable bonds is 8. The van der Waals surface area contributed by atoms with E-state index >= 15 is 0 Å². The van der Waals surface area contributed by atoms with Gasteiger partial charge in [-0.1, -0.05) is 10.3 Å². The average molecular weight is 290 g/mol. The highest BCUT2D eigenvalue weighted by molar-refractivity contribution is 5.79. The molecule has 0 spiro atoms. The van der Waals surface area contributed by atoms with E-state index in [1.54, 1.807) is 6.21 Å². The first-order chi connectivity index (χ1) is 10.3. The molecule has 0 fully saturated rings. The van der Waals surface area contributed by atoms with Gasteiger partial charge >= 0.3 is 0 Å². The molecule has 5 nitrogen and oxygen atoms in total. The maximum atomic E-state index is 10.0. The first-order valence-electron chi connectivity index (χ1n) is 7.57. The molecule has 1 aliphatic heterocycles. The Bertz CT molecular complexity index is 488. The largest absolute Gasteiger partial charge is 0.490 e. The van der Waals surface area contributed by atoms with Gasteiger partial charge in [-0.25, -0.2) is 0 Å². The first-order valence-corrected chi connectivity index (χ1v) is 7.57. The van der Waals surface area contributed by atoms with Gasteiger partial charge in [0.25, 0.3) is 0 Å². The molecule has 0 amide bonds. The third-order valence-corrected chi connectivity index (χ3v) is 3.54. The predicted molar refractivity (Wildman–Crippen MR) is 82.9 cm³/mol. The monoisotopic (exact) mass is 290 g/mol. The number of ether oxygens (including phenoxy) is 1. The second kappa shape index (κ2) is 8.39. The highest BCUT2D eigenvalue weighted by atomic mass is 16.6. The Kier molecular flexibility index (Phi) is 6.19. The van der Waals surface area contributed by atoms with Crippen LogP contribution in [0.5, 0.6) is 5.75 Å². The van der Waals surface area contributed by atoms with Gasteiger partial charge in [0.15, 0.2) is 0 Å². The molecule has 1 aromatic rings. The number of hydrogen-bond donors (Lipinski definition) is 0. The summed E-state index contributed by atoms with van der Waals surface area (Å²) in [6, 6.07) is 6.09. The summed E-state index contributed by atoms with van der Waals surface area (Å²) in [6.07, 6.45) is 6.85. The third kappa shape index (κ3) is 4.85. The summed E-state index contributed by atoms with van der Waals surface area (Å²) in [5, 5.41) is 6.76. The van der Waals surface area contributed by atoms with Crippen molar-refractivity contribution in [3.05, 3.63) is 34.2 Å². The van der Waals surface area contributed by atoms with Crippen molar-refractivity contribution in [2.24, 2.45) is 10.3 Å². The van der Waals surface area contributed by atoms with Crippen LogP contribution >= 0.6 is 0 Å². The molecule has 0 aromatic heterocycles. The van der Waals surface area contributed by atoms with Crippen molar-refractivity contribution in [3.63, 3.8) is 0 Å². The SMILES string of the molecule is CCO/N=C/c1ccc2c(c1)CCC(CCCCN=O)O2. The van der Waals surface area contributed by atoms with E-state index in [0.717, 1.165) is 43.4 Å². The maximum Gasteiger partial charge on any atom is 0.122 e. The van der Waals surface area contributed by atoms with Crippen LogP contribution in [0.3, 0.4) is 0 Å². The summed E-state index contributed by atoms with van der Waals surface area (Å²) in [7, 11) is 0. The molecular weight excluding hydrogens is 268 g/mol. The summed E-state index contributed by atoms with van der Waals surface area (Å²) in [5.74, 6) is 0.966. The molecule has 1 aliphatic rings. The molecular formula is C16H22N2O3. The van der Waals surface area contributed by atoms with Gasteiger partial charge in [-0.2, -0.15) is 4.91 Å².